The number of halogens is 2. The third kappa shape index (κ3) is 4.00. The summed E-state index contributed by atoms with van der Waals surface area (Å²) in [5.74, 6) is -0.908. The van der Waals surface area contributed by atoms with Gasteiger partial charge in [0, 0.05) is 23.0 Å². The number of aromatic nitrogens is 4. The van der Waals surface area contributed by atoms with Crippen molar-refractivity contribution in [2.45, 2.75) is 58.0 Å². The van der Waals surface area contributed by atoms with Crippen molar-refractivity contribution in [1.29, 1.82) is 0 Å². The van der Waals surface area contributed by atoms with Crippen LogP contribution >= 0.6 is 0 Å². The minimum absolute atomic E-state index is 0.0506. The van der Waals surface area contributed by atoms with Crippen LogP contribution in [0.4, 0.5) is 8.78 Å². The van der Waals surface area contributed by atoms with E-state index in [1.165, 1.54) is 18.2 Å². The normalized spacial score (nSPS) is 15.9. The number of ether oxygens (including phenoxy) is 1. The summed E-state index contributed by atoms with van der Waals surface area (Å²) < 4.78 is 37.7. The van der Waals surface area contributed by atoms with Crippen LogP contribution in [-0.2, 0) is 34.3 Å². The van der Waals surface area contributed by atoms with E-state index >= 15 is 4.39 Å². The molecule has 2 aromatic carbocycles. The van der Waals surface area contributed by atoms with E-state index < -0.39 is 5.41 Å². The molecule has 0 aliphatic carbocycles. The van der Waals surface area contributed by atoms with Gasteiger partial charge in [0.05, 0.1) is 36.5 Å². The molecule has 5 rings (SSSR count). The molecule has 3 heterocycles. The van der Waals surface area contributed by atoms with Crippen LogP contribution in [-0.4, -0.2) is 32.1 Å². The first-order valence-corrected chi connectivity index (χ1v) is 11.9. The number of para-hydroxylation sites is 1. The van der Waals surface area contributed by atoms with Crippen LogP contribution in [0.25, 0.3) is 10.9 Å². The van der Waals surface area contributed by atoms with Crippen molar-refractivity contribution in [3.8, 4) is 0 Å². The minimum Gasteiger partial charge on any atom is -0.466 e. The molecule has 0 radical (unpaired) electrons. The lowest BCUT2D eigenvalue weighted by atomic mass is 9.81. The van der Waals surface area contributed by atoms with Crippen molar-refractivity contribution < 1.29 is 18.3 Å². The molecular weight excluding hydrogens is 450 g/mol. The molecule has 1 aliphatic rings. The van der Waals surface area contributed by atoms with Crippen molar-refractivity contribution >= 4 is 16.9 Å². The number of carbonyl (C=O) groups is 1. The fourth-order valence-corrected chi connectivity index (χ4v) is 5.31. The number of rotatable bonds is 6. The van der Waals surface area contributed by atoms with E-state index in [0.717, 1.165) is 34.3 Å². The fraction of sp³-hybridized carbons (Fsp3) is 0.370. The van der Waals surface area contributed by atoms with Crippen molar-refractivity contribution in [2.24, 2.45) is 0 Å². The van der Waals surface area contributed by atoms with E-state index in [1.807, 2.05) is 15.3 Å². The Morgan fingerprint density at radius 2 is 1.94 bits per heavy atom. The zero-order valence-corrected chi connectivity index (χ0v) is 20.1. The third-order valence-electron chi connectivity index (χ3n) is 7.12. The second kappa shape index (κ2) is 8.91. The van der Waals surface area contributed by atoms with Crippen LogP contribution in [0, 0.1) is 11.6 Å². The quantitative estimate of drug-likeness (QED) is 0.361. The highest BCUT2D eigenvalue weighted by Crippen LogP contribution is 2.38. The molecule has 0 fully saturated rings. The van der Waals surface area contributed by atoms with Gasteiger partial charge >= 0.3 is 5.97 Å². The van der Waals surface area contributed by atoms with Crippen molar-refractivity contribution in [1.82, 2.24) is 19.6 Å². The van der Waals surface area contributed by atoms with Gasteiger partial charge in [-0.3, -0.25) is 4.79 Å². The van der Waals surface area contributed by atoms with Gasteiger partial charge in [0.25, 0.3) is 0 Å². The minimum atomic E-state index is -0.462. The summed E-state index contributed by atoms with van der Waals surface area (Å²) in [7, 11) is 0. The predicted octanol–water partition coefficient (Wildman–Crippen LogP) is 5.13. The molecule has 0 bridgehead atoms. The fourth-order valence-electron chi connectivity index (χ4n) is 5.31. The summed E-state index contributed by atoms with van der Waals surface area (Å²) in [5, 5.41) is 9.37. The topological polar surface area (TPSA) is 61.9 Å². The first-order chi connectivity index (χ1) is 16.8. The Hall–Kier alpha value is -3.55. The molecular formula is C27H28F2N4O2. The van der Waals surface area contributed by atoms with Gasteiger partial charge in [-0.2, -0.15) is 0 Å². The van der Waals surface area contributed by atoms with Crippen LogP contribution in [0.5, 0.6) is 0 Å². The highest BCUT2D eigenvalue weighted by Gasteiger charge is 2.33. The number of hydrogen-bond donors (Lipinski definition) is 0. The molecule has 4 aromatic rings. The molecule has 35 heavy (non-hydrogen) atoms. The number of nitrogens with zero attached hydrogens (tertiary/aromatic N) is 4. The number of fused-ring (bicyclic) bond motifs is 3. The molecule has 182 valence electrons. The monoisotopic (exact) mass is 478 g/mol. The molecule has 0 N–H and O–H groups in total. The van der Waals surface area contributed by atoms with Crippen LogP contribution in [0.15, 0.2) is 48.7 Å². The van der Waals surface area contributed by atoms with Gasteiger partial charge in [-0.15, -0.1) is 5.10 Å². The zero-order valence-electron chi connectivity index (χ0n) is 20.1. The third-order valence-corrected chi connectivity index (χ3v) is 7.12. The molecule has 0 saturated heterocycles. The average Bonchev–Trinajstić information content (AvgIpc) is 3.44. The van der Waals surface area contributed by atoms with Gasteiger partial charge in [0.1, 0.15) is 11.6 Å². The van der Waals surface area contributed by atoms with Gasteiger partial charge in [0.15, 0.2) is 0 Å². The van der Waals surface area contributed by atoms with E-state index in [-0.39, 0.29) is 30.1 Å². The average molecular weight is 479 g/mol. The second-order valence-electron chi connectivity index (χ2n) is 9.54. The number of benzene rings is 2. The maximum absolute atomic E-state index is 15.1. The summed E-state index contributed by atoms with van der Waals surface area (Å²) in [5.41, 5.74) is 3.70. The van der Waals surface area contributed by atoms with Gasteiger partial charge in [-0.05, 0) is 49.1 Å². The van der Waals surface area contributed by atoms with Gasteiger partial charge in [0.2, 0.25) is 0 Å². The smallest absolute Gasteiger partial charge is 0.310 e. The maximum Gasteiger partial charge on any atom is 0.310 e. The predicted molar refractivity (Wildman–Crippen MR) is 128 cm³/mol. The van der Waals surface area contributed by atoms with Crippen molar-refractivity contribution in [3.63, 3.8) is 0 Å². The lowest BCUT2D eigenvalue weighted by molar-refractivity contribution is -0.142. The zero-order chi connectivity index (χ0) is 24.7. The van der Waals surface area contributed by atoms with Crippen LogP contribution in [0.3, 0.4) is 0 Å². The SMILES string of the molecule is CCOC(=O)Cc1c2n(c3c(F)cccc13)CC(n1nncc1C(C)(C)c1ccc(F)cc1)CC2. The Morgan fingerprint density at radius 1 is 1.17 bits per heavy atom. The Morgan fingerprint density at radius 3 is 2.69 bits per heavy atom. The lowest BCUT2D eigenvalue weighted by Crippen LogP contribution is -2.30. The number of esters is 1. The maximum atomic E-state index is 15.1. The van der Waals surface area contributed by atoms with Gasteiger partial charge in [-0.25, -0.2) is 13.5 Å². The molecule has 1 unspecified atom stereocenters. The van der Waals surface area contributed by atoms with Crippen LogP contribution in [0.1, 0.15) is 55.7 Å². The van der Waals surface area contributed by atoms with Gasteiger partial charge in [-0.1, -0.05) is 43.3 Å². The van der Waals surface area contributed by atoms with E-state index in [4.69, 9.17) is 4.74 Å². The second-order valence-corrected chi connectivity index (χ2v) is 9.54. The number of hydrogen-bond acceptors (Lipinski definition) is 4. The molecule has 2 aromatic heterocycles. The first kappa shape index (κ1) is 23.2. The molecule has 6 nitrogen and oxygen atoms in total. The van der Waals surface area contributed by atoms with E-state index in [2.05, 4.69) is 24.2 Å². The highest BCUT2D eigenvalue weighted by atomic mass is 19.1. The lowest BCUT2D eigenvalue weighted by Gasteiger charge is -2.31. The molecule has 8 heteroatoms. The first-order valence-electron chi connectivity index (χ1n) is 11.9. The Bertz CT molecular complexity index is 1390. The standard InChI is InChI=1S/C27H28F2N4O2/c1-4-35-25(34)14-21-20-6-5-7-22(29)26(20)32-16-19(12-13-23(21)32)33-24(15-30-31-33)27(2,3)17-8-10-18(28)11-9-17/h5-11,15,19H,4,12-14,16H2,1-3H3. The molecule has 1 aliphatic heterocycles. The molecule has 0 amide bonds. The molecule has 1 atom stereocenters. The van der Waals surface area contributed by atoms with E-state index in [9.17, 15) is 9.18 Å². The van der Waals surface area contributed by atoms with Crippen molar-refractivity contribution in [3.05, 3.63) is 82.8 Å². The Balaban J connectivity index is 1.54. The summed E-state index contributed by atoms with van der Waals surface area (Å²) >= 11 is 0. The molecule has 0 spiro atoms. The Labute approximate surface area is 202 Å². The van der Waals surface area contributed by atoms with Crippen LogP contribution < -0.4 is 0 Å². The summed E-state index contributed by atoms with van der Waals surface area (Å²) in [6, 6.07) is 11.4. The summed E-state index contributed by atoms with van der Waals surface area (Å²) in [6.07, 6.45) is 3.31. The largest absolute Gasteiger partial charge is 0.466 e. The van der Waals surface area contributed by atoms with E-state index in [1.54, 1.807) is 31.3 Å². The van der Waals surface area contributed by atoms with E-state index in [0.29, 0.717) is 25.1 Å². The summed E-state index contributed by atoms with van der Waals surface area (Å²) in [6.45, 7) is 6.71. The van der Waals surface area contributed by atoms with Crippen molar-refractivity contribution in [2.75, 3.05) is 6.61 Å². The summed E-state index contributed by atoms with van der Waals surface area (Å²) in [4.78, 5) is 12.3. The van der Waals surface area contributed by atoms with Gasteiger partial charge < -0.3 is 9.30 Å². The van der Waals surface area contributed by atoms with Crippen LogP contribution in [0.2, 0.25) is 0 Å². The molecule has 0 saturated carbocycles. The number of carbonyl (C=O) groups excluding carboxylic acids is 1. The highest BCUT2D eigenvalue weighted by molar-refractivity contribution is 5.90. The Kier molecular flexibility index (Phi) is 5.91.